The fourth-order valence-corrected chi connectivity index (χ4v) is 3.24. The fraction of sp³-hybridized carbons (Fsp3) is 0.364. The zero-order valence-corrected chi connectivity index (χ0v) is 17.6. The molecule has 2 amide bonds. The molecule has 0 spiro atoms. The predicted octanol–water partition coefficient (Wildman–Crippen LogP) is 4.49. The van der Waals surface area contributed by atoms with E-state index in [9.17, 15) is 9.59 Å². The molecule has 0 unspecified atom stereocenters. The Kier molecular flexibility index (Phi) is 7.88. The van der Waals surface area contributed by atoms with E-state index in [0.717, 1.165) is 33.7 Å². The summed E-state index contributed by atoms with van der Waals surface area (Å²) in [6, 6.07) is 9.46. The summed E-state index contributed by atoms with van der Waals surface area (Å²) in [5, 5.41) is 6.18. The molecule has 2 N–H and O–H groups in total. The van der Waals surface area contributed by atoms with Gasteiger partial charge in [0.05, 0.1) is 13.2 Å². The van der Waals surface area contributed by atoms with Crippen LogP contribution in [0.1, 0.15) is 35.1 Å². The van der Waals surface area contributed by atoms with Gasteiger partial charge in [0.25, 0.3) is 0 Å². The van der Waals surface area contributed by atoms with Crippen molar-refractivity contribution in [1.29, 1.82) is 0 Å². The maximum absolute atomic E-state index is 12.1. The number of aryl methyl sites for hydroxylation is 4. The van der Waals surface area contributed by atoms with Crippen LogP contribution in [0.3, 0.4) is 0 Å². The van der Waals surface area contributed by atoms with Crippen LogP contribution in [0, 0.1) is 27.7 Å². The molecule has 0 bridgehead atoms. The van der Waals surface area contributed by atoms with Gasteiger partial charge < -0.3 is 15.4 Å². The molecule has 0 saturated heterocycles. The van der Waals surface area contributed by atoms with Gasteiger partial charge in [-0.15, -0.1) is 0 Å². The molecule has 150 valence electrons. The molecule has 0 atom stereocenters. The summed E-state index contributed by atoms with van der Waals surface area (Å²) in [6.07, 6.45) is 0.855. The van der Waals surface area contributed by atoms with Crippen molar-refractivity contribution >= 4 is 29.1 Å². The second-order valence-electron chi connectivity index (χ2n) is 6.96. The average molecular weight is 403 g/mol. The van der Waals surface area contributed by atoms with Crippen LogP contribution in [0.5, 0.6) is 5.75 Å². The number of hydrogen-bond acceptors (Lipinski definition) is 3. The Morgan fingerprint density at radius 1 is 0.964 bits per heavy atom. The van der Waals surface area contributed by atoms with Gasteiger partial charge in [0.15, 0.2) is 0 Å². The molecular weight excluding hydrogens is 376 g/mol. The van der Waals surface area contributed by atoms with E-state index in [0.29, 0.717) is 24.5 Å². The van der Waals surface area contributed by atoms with Crippen molar-refractivity contribution in [2.75, 3.05) is 18.5 Å². The molecule has 0 aliphatic carbocycles. The van der Waals surface area contributed by atoms with Crippen LogP contribution in [-0.4, -0.2) is 25.0 Å². The highest BCUT2D eigenvalue weighted by molar-refractivity contribution is 6.30. The number of ether oxygens (including phenoxy) is 1. The van der Waals surface area contributed by atoms with Gasteiger partial charge in [0.2, 0.25) is 11.8 Å². The third-order valence-corrected chi connectivity index (χ3v) is 4.57. The molecule has 6 heteroatoms. The highest BCUT2D eigenvalue weighted by atomic mass is 35.5. The molecule has 5 nitrogen and oxygen atoms in total. The zero-order chi connectivity index (χ0) is 20.7. The number of carbonyl (C=O) groups excluding carboxylic acids is 2. The molecule has 0 radical (unpaired) electrons. The lowest BCUT2D eigenvalue weighted by atomic mass is 10.1. The Labute approximate surface area is 171 Å². The Morgan fingerprint density at radius 2 is 1.64 bits per heavy atom. The number of amides is 2. The van der Waals surface area contributed by atoms with Crippen LogP contribution in [0.4, 0.5) is 5.69 Å². The number of anilines is 1. The van der Waals surface area contributed by atoms with Gasteiger partial charge in [-0.25, -0.2) is 0 Å². The highest BCUT2D eigenvalue weighted by Crippen LogP contribution is 2.22. The van der Waals surface area contributed by atoms with Crippen molar-refractivity contribution in [3.05, 3.63) is 57.6 Å². The molecular formula is C22H27ClN2O3. The van der Waals surface area contributed by atoms with E-state index in [1.807, 2.05) is 52.0 Å². The first kappa shape index (κ1) is 21.8. The first-order valence-corrected chi connectivity index (χ1v) is 9.67. The number of halogens is 1. The first-order chi connectivity index (χ1) is 13.3. The zero-order valence-electron chi connectivity index (χ0n) is 16.8. The summed E-state index contributed by atoms with van der Waals surface area (Å²) >= 11 is 5.91. The maximum Gasteiger partial charge on any atom is 0.243 e. The lowest BCUT2D eigenvalue weighted by Gasteiger charge is -2.13. The van der Waals surface area contributed by atoms with Gasteiger partial charge >= 0.3 is 0 Å². The summed E-state index contributed by atoms with van der Waals surface area (Å²) in [6.45, 7) is 8.22. The SMILES string of the molecule is Cc1cc(C)c(NC(=O)CNC(=O)CCCOc2ccc(Cl)cc2C)c(C)c1. The predicted molar refractivity (Wildman–Crippen MR) is 113 cm³/mol. The van der Waals surface area contributed by atoms with Gasteiger partial charge in [-0.2, -0.15) is 0 Å². The molecule has 0 aliphatic rings. The number of nitrogens with one attached hydrogen (secondary N) is 2. The monoisotopic (exact) mass is 402 g/mol. The summed E-state index contributed by atoms with van der Waals surface area (Å²) < 4.78 is 5.66. The van der Waals surface area contributed by atoms with E-state index >= 15 is 0 Å². The topological polar surface area (TPSA) is 67.4 Å². The molecule has 0 fully saturated rings. The van der Waals surface area contributed by atoms with Gasteiger partial charge in [-0.3, -0.25) is 9.59 Å². The molecule has 2 rings (SSSR count). The lowest BCUT2D eigenvalue weighted by molar-refractivity contribution is -0.124. The summed E-state index contributed by atoms with van der Waals surface area (Å²) in [7, 11) is 0. The second-order valence-corrected chi connectivity index (χ2v) is 7.40. The summed E-state index contributed by atoms with van der Waals surface area (Å²) in [4.78, 5) is 24.1. The number of benzene rings is 2. The molecule has 0 aliphatic heterocycles. The van der Waals surface area contributed by atoms with E-state index < -0.39 is 0 Å². The summed E-state index contributed by atoms with van der Waals surface area (Å²) in [5.74, 6) is 0.341. The smallest absolute Gasteiger partial charge is 0.243 e. The van der Waals surface area contributed by atoms with Crippen molar-refractivity contribution in [2.45, 2.75) is 40.5 Å². The summed E-state index contributed by atoms with van der Waals surface area (Å²) in [5.41, 5.74) is 4.92. The fourth-order valence-electron chi connectivity index (χ4n) is 3.02. The molecule has 28 heavy (non-hydrogen) atoms. The average Bonchev–Trinajstić information content (AvgIpc) is 2.61. The molecule has 2 aromatic rings. The third-order valence-electron chi connectivity index (χ3n) is 4.33. The molecule has 2 aromatic carbocycles. The highest BCUT2D eigenvalue weighted by Gasteiger charge is 2.10. The Balaban J connectivity index is 1.70. The number of hydrogen-bond donors (Lipinski definition) is 2. The van der Waals surface area contributed by atoms with E-state index in [1.165, 1.54) is 0 Å². The minimum Gasteiger partial charge on any atom is -0.493 e. The van der Waals surface area contributed by atoms with Crippen LogP contribution in [-0.2, 0) is 9.59 Å². The maximum atomic E-state index is 12.1. The van der Waals surface area contributed by atoms with Crippen molar-refractivity contribution in [2.24, 2.45) is 0 Å². The first-order valence-electron chi connectivity index (χ1n) is 9.29. The van der Waals surface area contributed by atoms with Crippen LogP contribution in [0.15, 0.2) is 30.3 Å². The van der Waals surface area contributed by atoms with Crippen LogP contribution < -0.4 is 15.4 Å². The molecule has 0 heterocycles. The van der Waals surface area contributed by atoms with Crippen molar-refractivity contribution < 1.29 is 14.3 Å². The van der Waals surface area contributed by atoms with Crippen molar-refractivity contribution in [1.82, 2.24) is 5.32 Å². The van der Waals surface area contributed by atoms with Crippen LogP contribution >= 0.6 is 11.6 Å². The minimum atomic E-state index is -0.239. The van der Waals surface area contributed by atoms with Gasteiger partial charge in [-0.05, 0) is 69.0 Å². The number of rotatable bonds is 8. The van der Waals surface area contributed by atoms with Crippen molar-refractivity contribution in [3.8, 4) is 5.75 Å². The Bertz CT molecular complexity index is 842. The van der Waals surface area contributed by atoms with E-state index in [1.54, 1.807) is 6.07 Å². The Hall–Kier alpha value is -2.53. The minimum absolute atomic E-state index is 0.0528. The Morgan fingerprint density at radius 3 is 2.29 bits per heavy atom. The van der Waals surface area contributed by atoms with Gasteiger partial charge in [0.1, 0.15) is 5.75 Å². The van der Waals surface area contributed by atoms with Crippen LogP contribution in [0.25, 0.3) is 0 Å². The molecule has 0 saturated carbocycles. The standard InChI is InChI=1S/C22H27ClN2O3/c1-14-10-16(3)22(17(4)11-14)25-21(27)13-24-20(26)6-5-9-28-19-8-7-18(23)12-15(19)2/h7-8,10-12H,5-6,9,13H2,1-4H3,(H,24,26)(H,25,27). The van der Waals surface area contributed by atoms with Gasteiger partial charge in [-0.1, -0.05) is 29.3 Å². The van der Waals surface area contributed by atoms with Crippen LogP contribution in [0.2, 0.25) is 5.02 Å². The van der Waals surface area contributed by atoms with E-state index in [4.69, 9.17) is 16.3 Å². The molecule has 0 aromatic heterocycles. The second kappa shape index (κ2) is 10.1. The number of carbonyl (C=O) groups is 2. The normalized spacial score (nSPS) is 10.5. The quantitative estimate of drug-likeness (QED) is 0.639. The third kappa shape index (κ3) is 6.57. The van der Waals surface area contributed by atoms with Crippen molar-refractivity contribution in [3.63, 3.8) is 0 Å². The lowest BCUT2D eigenvalue weighted by Crippen LogP contribution is -2.33. The van der Waals surface area contributed by atoms with E-state index in [2.05, 4.69) is 10.6 Å². The van der Waals surface area contributed by atoms with Gasteiger partial charge in [0, 0.05) is 17.1 Å². The van der Waals surface area contributed by atoms with E-state index in [-0.39, 0.29) is 18.4 Å². The largest absolute Gasteiger partial charge is 0.493 e.